The van der Waals surface area contributed by atoms with Crippen LogP contribution in [0.25, 0.3) is 0 Å². The van der Waals surface area contributed by atoms with Crippen LogP contribution >= 0.6 is 23.2 Å². The van der Waals surface area contributed by atoms with E-state index in [9.17, 15) is 0 Å². The Kier molecular flexibility index (Phi) is 7.41. The summed E-state index contributed by atoms with van der Waals surface area (Å²) >= 11 is 12.4. The van der Waals surface area contributed by atoms with Gasteiger partial charge < -0.3 is 4.74 Å². The lowest BCUT2D eigenvalue weighted by Gasteiger charge is -2.33. The first kappa shape index (κ1) is 22.3. The van der Waals surface area contributed by atoms with E-state index in [0.717, 1.165) is 34.0 Å². The van der Waals surface area contributed by atoms with Gasteiger partial charge in [-0.15, -0.1) is 0 Å². The molecule has 0 aliphatic carbocycles. The van der Waals surface area contributed by atoms with Crippen molar-refractivity contribution in [1.29, 1.82) is 0 Å². The summed E-state index contributed by atoms with van der Waals surface area (Å²) in [5, 5.41) is 1.63. The second-order valence-electron chi connectivity index (χ2n) is 8.25. The normalized spacial score (nSPS) is 16.0. The molecular weight excluding hydrogens is 375 g/mol. The fourth-order valence-corrected chi connectivity index (χ4v) is 3.56. The van der Waals surface area contributed by atoms with E-state index in [1.807, 2.05) is 12.1 Å². The summed E-state index contributed by atoms with van der Waals surface area (Å²) in [5.41, 5.74) is 4.74. The molecule has 148 valence electrons. The molecule has 2 atom stereocenters. The van der Waals surface area contributed by atoms with Crippen molar-refractivity contribution in [3.8, 4) is 0 Å². The van der Waals surface area contributed by atoms with Crippen LogP contribution < -0.4 is 0 Å². The molecule has 2 unspecified atom stereocenters. The third-order valence-corrected chi connectivity index (χ3v) is 6.96. The summed E-state index contributed by atoms with van der Waals surface area (Å²) in [7, 11) is 0. The zero-order valence-corrected chi connectivity index (χ0v) is 19.0. The van der Waals surface area contributed by atoms with Crippen LogP contribution in [0.1, 0.15) is 62.8 Å². The third kappa shape index (κ3) is 5.08. The topological polar surface area (TPSA) is 9.23 Å². The van der Waals surface area contributed by atoms with Crippen LogP contribution in [-0.4, -0.2) is 13.2 Å². The molecule has 0 aromatic heterocycles. The fourth-order valence-electron chi connectivity index (χ4n) is 3.32. The van der Waals surface area contributed by atoms with Gasteiger partial charge in [-0.3, -0.25) is 0 Å². The quantitative estimate of drug-likeness (QED) is 0.436. The monoisotopic (exact) mass is 406 g/mol. The number of hydrogen-bond donors (Lipinski definition) is 0. The Hall–Kier alpha value is -1.02. The van der Waals surface area contributed by atoms with Crippen molar-refractivity contribution in [2.24, 2.45) is 0 Å². The van der Waals surface area contributed by atoms with Gasteiger partial charge >= 0.3 is 0 Å². The number of aryl methyl sites for hydroxylation is 2. The van der Waals surface area contributed by atoms with Crippen molar-refractivity contribution in [2.45, 2.75) is 65.2 Å². The minimum Gasteiger partial charge on any atom is -0.380 e. The Morgan fingerprint density at radius 2 is 1.11 bits per heavy atom. The van der Waals surface area contributed by atoms with Crippen LogP contribution in [-0.2, 0) is 15.6 Å². The number of benzene rings is 2. The van der Waals surface area contributed by atoms with Crippen LogP contribution in [0.3, 0.4) is 0 Å². The molecule has 2 rings (SSSR count). The van der Waals surface area contributed by atoms with Crippen LogP contribution in [0.4, 0.5) is 0 Å². The van der Waals surface area contributed by atoms with Crippen molar-refractivity contribution in [3.05, 3.63) is 68.7 Å². The first-order chi connectivity index (χ1) is 12.6. The van der Waals surface area contributed by atoms with E-state index >= 15 is 0 Å². The standard InChI is InChI=1S/C24H32Cl2O/c1-7-23(5,19-9-11-21(25)17(3)13-19)15-27-16-24(6,8-2)20-10-12-22(26)18(4)14-20/h9-14H,7-8,15-16H2,1-6H3. The van der Waals surface area contributed by atoms with E-state index in [0.29, 0.717) is 13.2 Å². The molecule has 3 heteroatoms. The number of hydrogen-bond acceptors (Lipinski definition) is 1. The summed E-state index contributed by atoms with van der Waals surface area (Å²) in [6.45, 7) is 14.5. The largest absolute Gasteiger partial charge is 0.380 e. The van der Waals surface area contributed by atoms with Gasteiger partial charge in [-0.2, -0.15) is 0 Å². The van der Waals surface area contributed by atoms with Crippen molar-refractivity contribution in [3.63, 3.8) is 0 Å². The maximum absolute atomic E-state index is 6.33. The summed E-state index contributed by atoms with van der Waals surface area (Å²) in [6.07, 6.45) is 2.02. The Labute approximate surface area is 175 Å². The zero-order chi connectivity index (χ0) is 20.2. The molecule has 0 heterocycles. The first-order valence-corrected chi connectivity index (χ1v) is 10.5. The number of ether oxygens (including phenoxy) is 1. The van der Waals surface area contributed by atoms with Crippen LogP contribution in [0, 0.1) is 13.8 Å². The smallest absolute Gasteiger partial charge is 0.0560 e. The highest BCUT2D eigenvalue weighted by molar-refractivity contribution is 6.31. The summed E-state index contributed by atoms with van der Waals surface area (Å²) < 4.78 is 6.33. The SMILES string of the molecule is CCC(C)(COCC(C)(CC)c1ccc(Cl)c(C)c1)c1ccc(Cl)c(C)c1. The van der Waals surface area contributed by atoms with E-state index in [1.54, 1.807) is 0 Å². The Bertz CT molecular complexity index is 720. The lowest BCUT2D eigenvalue weighted by Crippen LogP contribution is -2.33. The maximum Gasteiger partial charge on any atom is 0.0560 e. The highest BCUT2D eigenvalue weighted by Gasteiger charge is 2.29. The van der Waals surface area contributed by atoms with Gasteiger partial charge in [-0.1, -0.05) is 75.2 Å². The Balaban J connectivity index is 2.14. The van der Waals surface area contributed by atoms with Crippen molar-refractivity contribution < 1.29 is 4.74 Å². The van der Waals surface area contributed by atoms with E-state index in [1.165, 1.54) is 11.1 Å². The predicted octanol–water partition coefficient (Wildman–Crippen LogP) is 7.66. The van der Waals surface area contributed by atoms with E-state index in [2.05, 4.69) is 65.8 Å². The summed E-state index contributed by atoms with van der Waals surface area (Å²) in [6, 6.07) is 12.6. The van der Waals surface area contributed by atoms with E-state index < -0.39 is 0 Å². The van der Waals surface area contributed by atoms with Crippen LogP contribution in [0.2, 0.25) is 10.0 Å². The molecular formula is C24H32Cl2O. The fraction of sp³-hybridized carbons (Fsp3) is 0.500. The van der Waals surface area contributed by atoms with Gasteiger partial charge in [-0.05, 0) is 61.1 Å². The van der Waals surface area contributed by atoms with Crippen LogP contribution in [0.15, 0.2) is 36.4 Å². The minimum atomic E-state index is -0.0279. The molecule has 0 aliphatic heterocycles. The van der Waals surface area contributed by atoms with Crippen LogP contribution in [0.5, 0.6) is 0 Å². The van der Waals surface area contributed by atoms with E-state index in [4.69, 9.17) is 27.9 Å². The molecule has 0 saturated carbocycles. The van der Waals surface area contributed by atoms with Gasteiger partial charge in [0.1, 0.15) is 0 Å². The predicted molar refractivity (Wildman–Crippen MR) is 118 cm³/mol. The molecule has 0 radical (unpaired) electrons. The van der Waals surface area contributed by atoms with Gasteiger partial charge in [0.25, 0.3) is 0 Å². The molecule has 0 N–H and O–H groups in total. The van der Waals surface area contributed by atoms with Gasteiger partial charge in [-0.25, -0.2) is 0 Å². The van der Waals surface area contributed by atoms with Gasteiger partial charge in [0.15, 0.2) is 0 Å². The second kappa shape index (κ2) is 8.99. The lowest BCUT2D eigenvalue weighted by molar-refractivity contribution is 0.0510. The molecule has 0 saturated heterocycles. The number of halogens is 2. The highest BCUT2D eigenvalue weighted by atomic mass is 35.5. The maximum atomic E-state index is 6.33. The molecule has 0 amide bonds. The van der Waals surface area contributed by atoms with Crippen molar-refractivity contribution >= 4 is 23.2 Å². The summed E-state index contributed by atoms with van der Waals surface area (Å²) in [5.74, 6) is 0. The molecule has 0 bridgehead atoms. The lowest BCUT2D eigenvalue weighted by atomic mass is 9.79. The van der Waals surface area contributed by atoms with Gasteiger partial charge in [0.05, 0.1) is 13.2 Å². The van der Waals surface area contributed by atoms with Gasteiger partial charge in [0, 0.05) is 20.9 Å². The molecule has 0 aliphatic rings. The van der Waals surface area contributed by atoms with Gasteiger partial charge in [0.2, 0.25) is 0 Å². The average Bonchev–Trinajstić information content (AvgIpc) is 2.65. The third-order valence-electron chi connectivity index (χ3n) is 6.11. The molecule has 2 aromatic rings. The second-order valence-corrected chi connectivity index (χ2v) is 9.06. The minimum absolute atomic E-state index is 0.0279. The Morgan fingerprint density at radius 3 is 1.41 bits per heavy atom. The molecule has 27 heavy (non-hydrogen) atoms. The van der Waals surface area contributed by atoms with Crippen molar-refractivity contribution in [2.75, 3.05) is 13.2 Å². The number of rotatable bonds is 8. The zero-order valence-electron chi connectivity index (χ0n) is 17.5. The van der Waals surface area contributed by atoms with E-state index in [-0.39, 0.29) is 10.8 Å². The molecule has 0 fully saturated rings. The Morgan fingerprint density at radius 1 is 0.741 bits per heavy atom. The molecule has 0 spiro atoms. The highest BCUT2D eigenvalue weighted by Crippen LogP contribution is 2.34. The average molecular weight is 407 g/mol. The summed E-state index contributed by atoms with van der Waals surface area (Å²) in [4.78, 5) is 0. The molecule has 2 aromatic carbocycles. The first-order valence-electron chi connectivity index (χ1n) is 9.76. The van der Waals surface area contributed by atoms with Crippen molar-refractivity contribution in [1.82, 2.24) is 0 Å². The molecule has 1 nitrogen and oxygen atoms in total.